The second kappa shape index (κ2) is 11.7. The molecule has 148 valence electrons. The summed E-state index contributed by atoms with van der Waals surface area (Å²) in [5, 5.41) is 8.86. The van der Waals surface area contributed by atoms with Crippen molar-refractivity contribution in [1.82, 2.24) is 10.6 Å². The summed E-state index contributed by atoms with van der Waals surface area (Å²) in [5.74, 6) is 0.458. The lowest BCUT2D eigenvalue weighted by Gasteiger charge is -2.21. The summed E-state index contributed by atoms with van der Waals surface area (Å²) < 4.78 is 0. The molecule has 5 nitrogen and oxygen atoms in total. The smallest absolute Gasteiger partial charge is 0.253 e. The molecule has 1 aliphatic carbocycles. The molecule has 2 amide bonds. The lowest BCUT2D eigenvalue weighted by atomic mass is 9.86. The summed E-state index contributed by atoms with van der Waals surface area (Å²) in [7, 11) is 0. The number of hydrogen-bond donors (Lipinski definition) is 3. The quantitative estimate of drug-likeness (QED) is 0.455. The van der Waals surface area contributed by atoms with Crippen LogP contribution < -0.4 is 16.0 Å². The Kier molecular flexibility index (Phi) is 9.25. The number of rotatable bonds is 8. The average molecular weight is 390 g/mol. The van der Waals surface area contributed by atoms with Crippen molar-refractivity contribution in [2.24, 2.45) is 5.92 Å². The van der Waals surface area contributed by atoms with Crippen LogP contribution in [0.5, 0.6) is 0 Å². The van der Waals surface area contributed by atoms with E-state index in [4.69, 9.17) is 12.2 Å². The van der Waals surface area contributed by atoms with Gasteiger partial charge in [-0.3, -0.25) is 9.59 Å². The van der Waals surface area contributed by atoms with Crippen LogP contribution in [0.25, 0.3) is 0 Å². The Hall–Kier alpha value is -1.95. The van der Waals surface area contributed by atoms with Crippen LogP contribution in [0.4, 0.5) is 5.69 Å². The van der Waals surface area contributed by atoms with Crippen molar-refractivity contribution in [3.63, 3.8) is 0 Å². The molecule has 3 N–H and O–H groups in total. The standard InChI is InChI=1S/C21H31N3O2S/c1-2-3-15-22-20(26)17-11-7-8-12-18(17)23-21(27)24-19(25)14-13-16-9-5-4-6-10-16/h7-8,11-12,16H,2-6,9-10,13-15H2,1H3,(H,22,26)(H2,23,24,25,27). The van der Waals surface area contributed by atoms with Gasteiger partial charge in [0.1, 0.15) is 0 Å². The molecule has 0 spiro atoms. The predicted molar refractivity (Wildman–Crippen MR) is 114 cm³/mol. The lowest BCUT2D eigenvalue weighted by molar-refractivity contribution is -0.120. The Balaban J connectivity index is 1.82. The van der Waals surface area contributed by atoms with Crippen LogP contribution in [0.3, 0.4) is 0 Å². The molecular formula is C21H31N3O2S. The molecule has 1 aromatic carbocycles. The third kappa shape index (κ3) is 7.67. The minimum absolute atomic E-state index is 0.0667. The van der Waals surface area contributed by atoms with E-state index in [9.17, 15) is 9.59 Å². The summed E-state index contributed by atoms with van der Waals surface area (Å²) >= 11 is 5.26. The fourth-order valence-electron chi connectivity index (χ4n) is 3.42. The molecule has 1 fully saturated rings. The Morgan fingerprint density at radius 1 is 1.15 bits per heavy atom. The van der Waals surface area contributed by atoms with Gasteiger partial charge in [-0.05, 0) is 43.1 Å². The molecule has 1 aromatic rings. The Bertz CT molecular complexity index is 642. The highest BCUT2D eigenvalue weighted by molar-refractivity contribution is 7.80. The number of nitrogens with one attached hydrogen (secondary N) is 3. The molecular weight excluding hydrogens is 358 g/mol. The summed E-state index contributed by atoms with van der Waals surface area (Å²) in [6.45, 7) is 2.73. The molecule has 27 heavy (non-hydrogen) atoms. The normalized spacial score (nSPS) is 14.4. The van der Waals surface area contributed by atoms with Gasteiger partial charge in [-0.2, -0.15) is 0 Å². The van der Waals surface area contributed by atoms with Crippen molar-refractivity contribution in [3.05, 3.63) is 29.8 Å². The second-order valence-electron chi connectivity index (χ2n) is 7.20. The minimum Gasteiger partial charge on any atom is -0.352 e. The van der Waals surface area contributed by atoms with Gasteiger partial charge < -0.3 is 16.0 Å². The second-order valence-corrected chi connectivity index (χ2v) is 7.61. The van der Waals surface area contributed by atoms with E-state index < -0.39 is 0 Å². The van der Waals surface area contributed by atoms with Crippen molar-refractivity contribution >= 4 is 34.8 Å². The van der Waals surface area contributed by atoms with Crippen LogP contribution in [0.2, 0.25) is 0 Å². The number of carbonyl (C=O) groups excluding carboxylic acids is 2. The maximum absolute atomic E-state index is 12.3. The maximum Gasteiger partial charge on any atom is 0.253 e. The van der Waals surface area contributed by atoms with Gasteiger partial charge >= 0.3 is 0 Å². The van der Waals surface area contributed by atoms with E-state index >= 15 is 0 Å². The number of benzene rings is 1. The summed E-state index contributed by atoms with van der Waals surface area (Å²) in [4.78, 5) is 24.5. The zero-order valence-corrected chi connectivity index (χ0v) is 17.0. The van der Waals surface area contributed by atoms with E-state index in [1.54, 1.807) is 12.1 Å². The van der Waals surface area contributed by atoms with E-state index in [0.29, 0.717) is 30.1 Å². The summed E-state index contributed by atoms with van der Waals surface area (Å²) in [6.07, 6.45) is 9.73. The van der Waals surface area contributed by atoms with Crippen molar-refractivity contribution in [2.75, 3.05) is 11.9 Å². The molecule has 0 bridgehead atoms. The van der Waals surface area contributed by atoms with E-state index in [1.807, 2.05) is 12.1 Å². The van der Waals surface area contributed by atoms with Gasteiger partial charge in [0.25, 0.3) is 5.91 Å². The third-order valence-electron chi connectivity index (χ3n) is 4.99. The van der Waals surface area contributed by atoms with Crippen LogP contribution in [0, 0.1) is 5.92 Å². The van der Waals surface area contributed by atoms with Crippen molar-refractivity contribution in [3.8, 4) is 0 Å². The first-order valence-electron chi connectivity index (χ1n) is 10.1. The topological polar surface area (TPSA) is 70.2 Å². The van der Waals surface area contributed by atoms with Crippen molar-refractivity contribution in [2.45, 2.75) is 64.7 Å². The van der Waals surface area contributed by atoms with Crippen LogP contribution >= 0.6 is 12.2 Å². The number of unbranched alkanes of at least 4 members (excludes halogenated alkanes) is 1. The lowest BCUT2D eigenvalue weighted by Crippen LogP contribution is -2.35. The number of hydrogen-bond acceptors (Lipinski definition) is 3. The van der Waals surface area contributed by atoms with Gasteiger partial charge in [0.2, 0.25) is 5.91 Å². The van der Waals surface area contributed by atoms with Gasteiger partial charge in [0.15, 0.2) is 5.11 Å². The van der Waals surface area contributed by atoms with Crippen molar-refractivity contribution in [1.29, 1.82) is 0 Å². The number of thiocarbonyl (C=S) groups is 1. The fraction of sp³-hybridized carbons (Fsp3) is 0.571. The molecule has 0 unspecified atom stereocenters. The zero-order valence-electron chi connectivity index (χ0n) is 16.2. The highest BCUT2D eigenvalue weighted by atomic mass is 32.1. The molecule has 0 heterocycles. The average Bonchev–Trinajstić information content (AvgIpc) is 2.67. The predicted octanol–water partition coefficient (Wildman–Crippen LogP) is 4.39. The molecule has 1 aliphatic rings. The molecule has 1 saturated carbocycles. The van der Waals surface area contributed by atoms with Gasteiger partial charge in [-0.15, -0.1) is 0 Å². The van der Waals surface area contributed by atoms with Gasteiger partial charge in [-0.1, -0.05) is 57.6 Å². The SMILES string of the molecule is CCCCNC(=O)c1ccccc1NC(=S)NC(=O)CCC1CCCCC1. The third-order valence-corrected chi connectivity index (χ3v) is 5.20. The highest BCUT2D eigenvalue weighted by Crippen LogP contribution is 2.27. The Morgan fingerprint density at radius 3 is 2.63 bits per heavy atom. The van der Waals surface area contributed by atoms with Crippen LogP contribution in [0.15, 0.2) is 24.3 Å². The van der Waals surface area contributed by atoms with Gasteiger partial charge in [0.05, 0.1) is 11.3 Å². The maximum atomic E-state index is 12.3. The first-order valence-corrected chi connectivity index (χ1v) is 10.5. The Labute approximate surface area is 167 Å². The Morgan fingerprint density at radius 2 is 1.89 bits per heavy atom. The molecule has 0 aromatic heterocycles. The first-order chi connectivity index (χ1) is 13.1. The van der Waals surface area contributed by atoms with E-state index in [0.717, 1.165) is 19.3 Å². The summed E-state index contributed by atoms with van der Waals surface area (Å²) in [6, 6.07) is 7.18. The zero-order chi connectivity index (χ0) is 19.5. The van der Waals surface area contributed by atoms with E-state index in [-0.39, 0.29) is 16.9 Å². The first kappa shape index (κ1) is 21.4. The molecule has 6 heteroatoms. The molecule has 0 aliphatic heterocycles. The van der Waals surface area contributed by atoms with E-state index in [1.165, 1.54) is 32.1 Å². The number of amides is 2. The van der Waals surface area contributed by atoms with Crippen molar-refractivity contribution < 1.29 is 9.59 Å². The monoisotopic (exact) mass is 389 g/mol. The fourth-order valence-corrected chi connectivity index (χ4v) is 3.64. The minimum atomic E-state index is -0.141. The molecule has 0 atom stereocenters. The summed E-state index contributed by atoms with van der Waals surface area (Å²) in [5.41, 5.74) is 1.12. The number of anilines is 1. The van der Waals surface area contributed by atoms with Gasteiger partial charge in [0, 0.05) is 13.0 Å². The number of para-hydroxylation sites is 1. The highest BCUT2D eigenvalue weighted by Gasteiger charge is 2.16. The van der Waals surface area contributed by atoms with E-state index in [2.05, 4.69) is 22.9 Å². The van der Waals surface area contributed by atoms with Crippen LogP contribution in [-0.2, 0) is 4.79 Å². The number of carbonyl (C=O) groups is 2. The van der Waals surface area contributed by atoms with Crippen LogP contribution in [0.1, 0.15) is 75.1 Å². The largest absolute Gasteiger partial charge is 0.352 e. The van der Waals surface area contributed by atoms with Gasteiger partial charge in [-0.25, -0.2) is 0 Å². The molecule has 0 radical (unpaired) electrons. The van der Waals surface area contributed by atoms with Crippen LogP contribution in [-0.4, -0.2) is 23.5 Å². The molecule has 2 rings (SSSR count). The molecule has 0 saturated heterocycles.